The number of rotatable bonds is 2. The number of fused-ring (bicyclic) bond motifs is 1. The Morgan fingerprint density at radius 2 is 2.08 bits per heavy atom. The number of benzene rings is 2. The van der Waals surface area contributed by atoms with Crippen LogP contribution in [0.5, 0.6) is 0 Å². The van der Waals surface area contributed by atoms with Crippen molar-refractivity contribution in [2.75, 3.05) is 5.32 Å². The number of nitrogens with one attached hydrogen (secondary N) is 1. The SMILES string of the molecule is O=C1Nc2cc(Cl)ccc2/C1=C\c1ccc(-n2cncn2)c(F)c1. The maximum Gasteiger partial charge on any atom is 0.256 e. The largest absolute Gasteiger partial charge is 0.321 e. The molecule has 1 amide bonds. The molecule has 0 spiro atoms. The number of hydrogen-bond acceptors (Lipinski definition) is 3. The number of carbonyl (C=O) groups excluding carboxylic acids is 1. The van der Waals surface area contributed by atoms with Crippen molar-refractivity contribution in [3.8, 4) is 5.69 Å². The zero-order valence-corrected chi connectivity index (χ0v) is 13.0. The highest BCUT2D eigenvalue weighted by Gasteiger charge is 2.24. The fourth-order valence-corrected chi connectivity index (χ4v) is 2.78. The molecule has 0 bridgehead atoms. The van der Waals surface area contributed by atoms with Crippen molar-refractivity contribution in [3.05, 3.63) is 71.0 Å². The van der Waals surface area contributed by atoms with Gasteiger partial charge in [0.25, 0.3) is 5.91 Å². The van der Waals surface area contributed by atoms with Crippen molar-refractivity contribution in [2.24, 2.45) is 0 Å². The Morgan fingerprint density at radius 3 is 2.83 bits per heavy atom. The van der Waals surface area contributed by atoms with Gasteiger partial charge >= 0.3 is 0 Å². The maximum absolute atomic E-state index is 14.3. The second-order valence-electron chi connectivity index (χ2n) is 5.25. The van der Waals surface area contributed by atoms with E-state index in [1.807, 2.05) is 0 Å². The first-order chi connectivity index (χ1) is 11.6. The highest BCUT2D eigenvalue weighted by Crippen LogP contribution is 2.35. The van der Waals surface area contributed by atoms with E-state index in [9.17, 15) is 9.18 Å². The van der Waals surface area contributed by atoms with Gasteiger partial charge in [-0.1, -0.05) is 23.7 Å². The second kappa shape index (κ2) is 5.58. The summed E-state index contributed by atoms with van der Waals surface area (Å²) in [5.74, 6) is -0.697. The predicted octanol–water partition coefficient (Wildman–Crippen LogP) is 3.55. The standard InChI is InChI=1S/C17H10ClFN4O/c18-11-2-3-12-13(17(24)22-15(12)7-11)5-10-1-4-16(14(19)6-10)23-9-20-8-21-23/h1-9H,(H,22,24)/b13-5+. The fraction of sp³-hybridized carbons (Fsp3) is 0. The smallest absolute Gasteiger partial charge is 0.256 e. The van der Waals surface area contributed by atoms with Gasteiger partial charge in [0, 0.05) is 16.2 Å². The molecule has 2 aromatic carbocycles. The van der Waals surface area contributed by atoms with E-state index in [1.54, 1.807) is 36.4 Å². The van der Waals surface area contributed by atoms with Gasteiger partial charge in [0.05, 0.1) is 5.69 Å². The maximum atomic E-state index is 14.3. The Hall–Kier alpha value is -2.99. The first kappa shape index (κ1) is 14.6. The summed E-state index contributed by atoms with van der Waals surface area (Å²) >= 11 is 5.93. The lowest BCUT2D eigenvalue weighted by molar-refractivity contribution is -0.110. The van der Waals surface area contributed by atoms with Crippen LogP contribution in [0.15, 0.2) is 49.1 Å². The molecule has 0 unspecified atom stereocenters. The minimum Gasteiger partial charge on any atom is -0.321 e. The quantitative estimate of drug-likeness (QED) is 0.726. The molecule has 1 aliphatic heterocycles. The summed E-state index contributed by atoms with van der Waals surface area (Å²) in [4.78, 5) is 15.9. The molecule has 5 nitrogen and oxygen atoms in total. The van der Waals surface area contributed by atoms with E-state index >= 15 is 0 Å². The summed E-state index contributed by atoms with van der Waals surface area (Å²) in [5, 5.41) is 7.19. The highest BCUT2D eigenvalue weighted by molar-refractivity contribution is 6.36. The Labute approximate surface area is 141 Å². The van der Waals surface area contributed by atoms with Gasteiger partial charge in [-0.2, -0.15) is 5.10 Å². The monoisotopic (exact) mass is 340 g/mol. The van der Waals surface area contributed by atoms with Crippen LogP contribution in [-0.2, 0) is 4.79 Å². The molecule has 1 N–H and O–H groups in total. The number of halogens is 2. The lowest BCUT2D eigenvalue weighted by Crippen LogP contribution is -2.03. The van der Waals surface area contributed by atoms with Gasteiger partial charge < -0.3 is 5.32 Å². The molecule has 118 valence electrons. The molecular weight excluding hydrogens is 331 g/mol. The van der Waals surface area contributed by atoms with Gasteiger partial charge in [-0.3, -0.25) is 4.79 Å². The number of hydrogen-bond donors (Lipinski definition) is 1. The average Bonchev–Trinajstić information content (AvgIpc) is 3.16. The van der Waals surface area contributed by atoms with Crippen molar-refractivity contribution in [2.45, 2.75) is 0 Å². The summed E-state index contributed by atoms with van der Waals surface area (Å²) in [6, 6.07) is 9.82. The number of amides is 1. The van der Waals surface area contributed by atoms with E-state index in [-0.39, 0.29) is 11.6 Å². The molecule has 1 aliphatic rings. The molecule has 0 saturated heterocycles. The zero-order chi connectivity index (χ0) is 16.7. The minimum absolute atomic E-state index is 0.243. The van der Waals surface area contributed by atoms with E-state index < -0.39 is 5.82 Å². The first-order valence-electron chi connectivity index (χ1n) is 7.09. The second-order valence-corrected chi connectivity index (χ2v) is 5.69. The van der Waals surface area contributed by atoms with Crippen molar-refractivity contribution < 1.29 is 9.18 Å². The fourth-order valence-electron chi connectivity index (χ4n) is 2.61. The highest BCUT2D eigenvalue weighted by atomic mass is 35.5. The van der Waals surface area contributed by atoms with Crippen LogP contribution < -0.4 is 5.32 Å². The number of aromatic nitrogens is 3. The molecule has 0 radical (unpaired) electrons. The van der Waals surface area contributed by atoms with Crippen LogP contribution in [0.1, 0.15) is 11.1 Å². The Bertz CT molecular complexity index is 982. The molecule has 24 heavy (non-hydrogen) atoms. The van der Waals surface area contributed by atoms with Crippen LogP contribution in [-0.4, -0.2) is 20.7 Å². The molecule has 0 atom stereocenters. The van der Waals surface area contributed by atoms with Crippen molar-refractivity contribution >= 4 is 34.8 Å². The van der Waals surface area contributed by atoms with E-state index in [0.29, 0.717) is 21.8 Å². The van der Waals surface area contributed by atoms with Gasteiger partial charge in [0.1, 0.15) is 24.2 Å². The molecule has 0 saturated carbocycles. The Kier molecular flexibility index (Phi) is 3.39. The number of nitrogens with zero attached hydrogens (tertiary/aromatic N) is 3. The van der Waals surface area contributed by atoms with E-state index in [4.69, 9.17) is 11.6 Å². The molecule has 2 heterocycles. The number of carbonyl (C=O) groups is 1. The normalized spacial score (nSPS) is 14.8. The molecule has 0 fully saturated rings. The van der Waals surface area contributed by atoms with Crippen molar-refractivity contribution in [1.29, 1.82) is 0 Å². The van der Waals surface area contributed by atoms with Gasteiger partial charge in [0.15, 0.2) is 0 Å². The van der Waals surface area contributed by atoms with E-state index in [0.717, 1.165) is 5.56 Å². The molecule has 3 aromatic rings. The lowest BCUT2D eigenvalue weighted by Gasteiger charge is -2.04. The lowest BCUT2D eigenvalue weighted by atomic mass is 10.0. The summed E-state index contributed by atoms with van der Waals surface area (Å²) in [6.07, 6.45) is 4.39. The van der Waals surface area contributed by atoms with Crippen molar-refractivity contribution in [3.63, 3.8) is 0 Å². The van der Waals surface area contributed by atoms with Crippen LogP contribution in [0.3, 0.4) is 0 Å². The average molecular weight is 341 g/mol. The summed E-state index contributed by atoms with van der Waals surface area (Å²) in [7, 11) is 0. The summed E-state index contributed by atoms with van der Waals surface area (Å²) in [5.41, 5.74) is 2.72. The van der Waals surface area contributed by atoms with Crippen LogP contribution >= 0.6 is 11.6 Å². The van der Waals surface area contributed by atoms with Gasteiger partial charge in [-0.25, -0.2) is 14.1 Å². The van der Waals surface area contributed by atoms with Crippen LogP contribution in [0.4, 0.5) is 10.1 Å². The van der Waals surface area contributed by atoms with Crippen molar-refractivity contribution in [1.82, 2.24) is 14.8 Å². The first-order valence-corrected chi connectivity index (χ1v) is 7.47. The third-order valence-electron chi connectivity index (χ3n) is 3.71. The minimum atomic E-state index is -0.454. The third kappa shape index (κ3) is 2.47. The van der Waals surface area contributed by atoms with Gasteiger partial charge in [-0.15, -0.1) is 0 Å². The van der Waals surface area contributed by atoms with Crippen LogP contribution in [0.2, 0.25) is 5.02 Å². The Morgan fingerprint density at radius 1 is 1.21 bits per heavy atom. The van der Waals surface area contributed by atoms with Crippen LogP contribution in [0, 0.1) is 5.82 Å². The molecule has 7 heteroatoms. The predicted molar refractivity (Wildman–Crippen MR) is 89.3 cm³/mol. The zero-order valence-electron chi connectivity index (χ0n) is 12.2. The van der Waals surface area contributed by atoms with E-state index in [1.165, 1.54) is 23.4 Å². The summed E-state index contributed by atoms with van der Waals surface area (Å²) in [6.45, 7) is 0. The molecule has 4 rings (SSSR count). The molecular formula is C17H10ClFN4O. The van der Waals surface area contributed by atoms with Gasteiger partial charge in [0.2, 0.25) is 0 Å². The summed E-state index contributed by atoms with van der Waals surface area (Å²) < 4.78 is 15.6. The topological polar surface area (TPSA) is 59.8 Å². The number of anilines is 1. The Balaban J connectivity index is 1.74. The molecule has 1 aromatic heterocycles. The molecule has 0 aliphatic carbocycles. The van der Waals surface area contributed by atoms with Gasteiger partial charge in [-0.05, 0) is 35.9 Å². The van der Waals surface area contributed by atoms with Crippen LogP contribution in [0.25, 0.3) is 17.3 Å². The third-order valence-corrected chi connectivity index (χ3v) is 3.95. The van der Waals surface area contributed by atoms with E-state index in [2.05, 4.69) is 15.4 Å².